The van der Waals surface area contributed by atoms with Crippen LogP contribution in [-0.2, 0) is 4.79 Å². The fourth-order valence-electron chi connectivity index (χ4n) is 3.15. The summed E-state index contributed by atoms with van der Waals surface area (Å²) in [5.41, 5.74) is 1.02. The first-order chi connectivity index (χ1) is 8.74. The second-order valence-electron chi connectivity index (χ2n) is 4.95. The Morgan fingerprint density at radius 3 is 2.67 bits per heavy atom. The van der Waals surface area contributed by atoms with Gasteiger partial charge < -0.3 is 4.90 Å². The van der Waals surface area contributed by atoms with E-state index < -0.39 is 0 Å². The Labute approximate surface area is 106 Å². The summed E-state index contributed by atoms with van der Waals surface area (Å²) in [5, 5.41) is 9.31. The van der Waals surface area contributed by atoms with Crippen LogP contribution >= 0.6 is 0 Å². The molecule has 3 nitrogen and oxygen atoms in total. The maximum Gasteiger partial charge on any atom is 0.178 e. The van der Waals surface area contributed by atoms with Gasteiger partial charge in [0.1, 0.15) is 0 Å². The summed E-state index contributed by atoms with van der Waals surface area (Å²) in [6.45, 7) is 2.00. The van der Waals surface area contributed by atoms with Gasteiger partial charge in [0, 0.05) is 11.6 Å². The second kappa shape index (κ2) is 3.99. The predicted octanol–water partition coefficient (Wildman–Crippen LogP) is 2.16. The largest absolute Gasteiger partial charge is 0.353 e. The number of benzene rings is 1. The average molecular weight is 238 g/mol. The van der Waals surface area contributed by atoms with Crippen LogP contribution in [0, 0.1) is 23.2 Å². The normalized spacial score (nSPS) is 33.6. The molecule has 0 radical (unpaired) electrons. The Morgan fingerprint density at radius 2 is 2.00 bits per heavy atom. The smallest absolute Gasteiger partial charge is 0.178 e. The quantitative estimate of drug-likeness (QED) is 0.753. The standard InChI is InChI=1S/C15H14N2O/c1-10-12(9-16)13-7-8-14(18)15(10)17(13)11-5-3-2-4-6-11/h2-8,10,12-13,15H,1H3/t10-,12-,13+,15+/m0/s1. The molecule has 0 saturated carbocycles. The third kappa shape index (κ3) is 1.39. The van der Waals surface area contributed by atoms with Crippen LogP contribution in [0.2, 0.25) is 0 Å². The van der Waals surface area contributed by atoms with Crippen molar-refractivity contribution >= 4 is 11.5 Å². The van der Waals surface area contributed by atoms with Crippen molar-refractivity contribution in [3.8, 4) is 6.07 Å². The van der Waals surface area contributed by atoms with Crippen molar-refractivity contribution in [3.63, 3.8) is 0 Å². The molecule has 2 bridgehead atoms. The fourth-order valence-corrected chi connectivity index (χ4v) is 3.15. The van der Waals surface area contributed by atoms with E-state index in [-0.39, 0.29) is 29.7 Å². The zero-order valence-electron chi connectivity index (χ0n) is 10.2. The summed E-state index contributed by atoms with van der Waals surface area (Å²) in [4.78, 5) is 14.2. The predicted molar refractivity (Wildman–Crippen MR) is 68.9 cm³/mol. The summed E-state index contributed by atoms with van der Waals surface area (Å²) in [6, 6.07) is 12.1. The highest BCUT2D eigenvalue weighted by Crippen LogP contribution is 2.41. The van der Waals surface area contributed by atoms with Gasteiger partial charge in [-0.3, -0.25) is 4.79 Å². The van der Waals surface area contributed by atoms with Gasteiger partial charge in [-0.05, 0) is 18.2 Å². The maximum absolute atomic E-state index is 12.1. The molecule has 90 valence electrons. The van der Waals surface area contributed by atoms with Gasteiger partial charge in [0.25, 0.3) is 0 Å². The number of nitrogens with zero attached hydrogens (tertiary/aromatic N) is 2. The second-order valence-corrected chi connectivity index (χ2v) is 4.95. The van der Waals surface area contributed by atoms with Crippen LogP contribution in [0.3, 0.4) is 0 Å². The van der Waals surface area contributed by atoms with Crippen molar-refractivity contribution in [1.29, 1.82) is 5.26 Å². The lowest BCUT2D eigenvalue weighted by molar-refractivity contribution is -0.116. The molecule has 0 amide bonds. The topological polar surface area (TPSA) is 44.1 Å². The van der Waals surface area contributed by atoms with Gasteiger partial charge in [-0.1, -0.05) is 31.2 Å². The fraction of sp³-hybridized carbons (Fsp3) is 0.333. The molecule has 0 spiro atoms. The van der Waals surface area contributed by atoms with Crippen LogP contribution in [0.1, 0.15) is 6.92 Å². The number of anilines is 1. The average Bonchev–Trinajstić information content (AvgIpc) is 2.62. The maximum atomic E-state index is 12.1. The Bertz CT molecular complexity index is 543. The lowest BCUT2D eigenvalue weighted by atomic mass is 9.91. The Kier molecular flexibility index (Phi) is 2.45. The molecule has 0 aromatic heterocycles. The molecule has 1 aromatic rings. The first-order valence-electron chi connectivity index (χ1n) is 6.19. The summed E-state index contributed by atoms with van der Waals surface area (Å²) >= 11 is 0. The Morgan fingerprint density at radius 1 is 1.28 bits per heavy atom. The molecule has 1 saturated heterocycles. The molecule has 3 rings (SSSR count). The van der Waals surface area contributed by atoms with E-state index in [1.165, 1.54) is 0 Å². The highest BCUT2D eigenvalue weighted by Gasteiger charge is 2.50. The molecular weight excluding hydrogens is 224 g/mol. The van der Waals surface area contributed by atoms with Crippen LogP contribution < -0.4 is 4.90 Å². The molecule has 0 N–H and O–H groups in total. The van der Waals surface area contributed by atoms with E-state index in [4.69, 9.17) is 0 Å². The van der Waals surface area contributed by atoms with Gasteiger partial charge in [-0.15, -0.1) is 0 Å². The highest BCUT2D eigenvalue weighted by atomic mass is 16.1. The zero-order chi connectivity index (χ0) is 12.7. The number of carbonyl (C=O) groups is 1. The number of para-hydroxylation sites is 1. The van der Waals surface area contributed by atoms with Gasteiger partial charge in [-0.25, -0.2) is 0 Å². The first kappa shape index (κ1) is 11.0. The lowest BCUT2D eigenvalue weighted by Crippen LogP contribution is -2.44. The summed E-state index contributed by atoms with van der Waals surface area (Å²) in [7, 11) is 0. The third-order valence-corrected chi connectivity index (χ3v) is 4.01. The summed E-state index contributed by atoms with van der Waals surface area (Å²) in [6.07, 6.45) is 3.52. The van der Waals surface area contributed by atoms with E-state index in [1.54, 1.807) is 6.08 Å². The lowest BCUT2D eigenvalue weighted by Gasteiger charge is -2.33. The summed E-state index contributed by atoms with van der Waals surface area (Å²) < 4.78 is 0. The molecule has 1 fully saturated rings. The Hall–Kier alpha value is -2.08. The van der Waals surface area contributed by atoms with Crippen molar-refractivity contribution in [2.75, 3.05) is 4.90 Å². The van der Waals surface area contributed by atoms with E-state index in [9.17, 15) is 10.1 Å². The third-order valence-electron chi connectivity index (χ3n) is 4.01. The number of ketones is 1. The minimum atomic E-state index is -0.188. The molecule has 2 aliphatic heterocycles. The molecule has 3 heteroatoms. The number of rotatable bonds is 1. The van der Waals surface area contributed by atoms with Gasteiger partial charge in [0.2, 0.25) is 0 Å². The molecule has 2 aliphatic rings. The van der Waals surface area contributed by atoms with E-state index in [1.807, 2.05) is 43.3 Å². The number of fused-ring (bicyclic) bond motifs is 2. The zero-order valence-corrected chi connectivity index (χ0v) is 10.2. The van der Waals surface area contributed by atoms with E-state index >= 15 is 0 Å². The molecule has 18 heavy (non-hydrogen) atoms. The van der Waals surface area contributed by atoms with Crippen molar-refractivity contribution in [3.05, 3.63) is 42.5 Å². The van der Waals surface area contributed by atoms with Crippen molar-refractivity contribution in [2.45, 2.75) is 19.0 Å². The van der Waals surface area contributed by atoms with Crippen molar-refractivity contribution < 1.29 is 4.79 Å². The van der Waals surface area contributed by atoms with E-state index in [0.717, 1.165) is 5.69 Å². The van der Waals surface area contributed by atoms with Gasteiger partial charge in [-0.2, -0.15) is 5.26 Å². The van der Waals surface area contributed by atoms with Crippen molar-refractivity contribution in [1.82, 2.24) is 0 Å². The summed E-state index contributed by atoms with van der Waals surface area (Å²) in [5.74, 6) is 0.0703. The number of nitriles is 1. The minimum absolute atomic E-state index is 0.0232. The Balaban J connectivity index is 2.09. The minimum Gasteiger partial charge on any atom is -0.353 e. The highest BCUT2D eigenvalue weighted by molar-refractivity contribution is 5.99. The molecule has 2 heterocycles. The SMILES string of the molecule is C[C@H]1[C@H](C#N)[C@H]2C=CC(=O)[C@@H]1N2c1ccccc1. The van der Waals surface area contributed by atoms with Gasteiger partial charge >= 0.3 is 0 Å². The van der Waals surface area contributed by atoms with Crippen LogP contribution in [0.5, 0.6) is 0 Å². The molecule has 4 atom stereocenters. The number of hydrogen-bond acceptors (Lipinski definition) is 3. The number of hydrogen-bond donors (Lipinski definition) is 0. The molecular formula is C15H14N2O. The van der Waals surface area contributed by atoms with Gasteiger partial charge in [0.05, 0.1) is 24.1 Å². The monoisotopic (exact) mass is 238 g/mol. The van der Waals surface area contributed by atoms with Crippen molar-refractivity contribution in [2.24, 2.45) is 11.8 Å². The first-order valence-corrected chi connectivity index (χ1v) is 6.19. The van der Waals surface area contributed by atoms with E-state index in [0.29, 0.717) is 0 Å². The van der Waals surface area contributed by atoms with Gasteiger partial charge in [0.15, 0.2) is 5.78 Å². The number of carbonyl (C=O) groups excluding carboxylic acids is 1. The molecule has 1 aromatic carbocycles. The van der Waals surface area contributed by atoms with Crippen LogP contribution in [0.25, 0.3) is 0 Å². The van der Waals surface area contributed by atoms with Crippen LogP contribution in [0.15, 0.2) is 42.5 Å². The van der Waals surface area contributed by atoms with Crippen LogP contribution in [-0.4, -0.2) is 17.9 Å². The van der Waals surface area contributed by atoms with Crippen LogP contribution in [0.4, 0.5) is 5.69 Å². The molecule has 0 aliphatic carbocycles. The van der Waals surface area contributed by atoms with E-state index in [2.05, 4.69) is 11.0 Å². The molecule has 0 unspecified atom stereocenters.